The van der Waals surface area contributed by atoms with E-state index in [4.69, 9.17) is 15.9 Å². The Morgan fingerprint density at radius 3 is 2.88 bits per heavy atom. The zero-order chi connectivity index (χ0) is 18.2. The van der Waals surface area contributed by atoms with Crippen LogP contribution >= 0.6 is 11.8 Å². The van der Waals surface area contributed by atoms with Crippen LogP contribution in [0.1, 0.15) is 18.3 Å². The summed E-state index contributed by atoms with van der Waals surface area (Å²) in [6.07, 6.45) is 7.30. The lowest BCUT2D eigenvalue weighted by Gasteiger charge is -2.10. The number of carbonyl (C=O) groups is 1. The quantitative estimate of drug-likeness (QED) is 0.431. The van der Waals surface area contributed by atoms with Crippen molar-refractivity contribution in [3.05, 3.63) is 34.5 Å². The number of nitrogens with zero attached hydrogens (tertiary/aromatic N) is 2. The number of thioether (sulfide) groups is 1. The number of H-pyrrole nitrogens is 1. The fourth-order valence-corrected chi connectivity index (χ4v) is 2.60. The van der Waals surface area contributed by atoms with E-state index in [9.17, 15) is 9.90 Å². The van der Waals surface area contributed by atoms with Crippen molar-refractivity contribution in [3.63, 3.8) is 0 Å². The summed E-state index contributed by atoms with van der Waals surface area (Å²) in [6.45, 7) is 2.02. The van der Waals surface area contributed by atoms with Crippen LogP contribution in [0.4, 0.5) is 0 Å². The van der Waals surface area contributed by atoms with Gasteiger partial charge in [0.1, 0.15) is 12.4 Å². The molecule has 1 heterocycles. The Hall–Kier alpha value is -2.92. The number of aromatic nitrogens is 3. The molecule has 1 aromatic heterocycles. The molecular formula is C17H16N3O4S-. The van der Waals surface area contributed by atoms with Crippen LogP contribution < -0.4 is 14.6 Å². The van der Waals surface area contributed by atoms with Gasteiger partial charge in [0, 0.05) is 11.3 Å². The SMILES string of the molecule is C#CCOc1ccc(/C=C(\Sc2n[nH]c(CC)n2)C(=O)[O-])cc1OC. The monoisotopic (exact) mass is 358 g/mol. The van der Waals surface area contributed by atoms with E-state index in [-0.39, 0.29) is 11.5 Å². The standard InChI is InChI=1S/C17H17N3O4S/c1-4-8-24-12-7-6-11(9-13(12)23-3)10-14(16(21)22)25-17-18-15(5-2)19-20-17/h1,6-7,9-10H,5,8H2,2-3H3,(H,21,22)(H,18,19,20)/p-1/b14-10-. The van der Waals surface area contributed by atoms with Crippen molar-refractivity contribution < 1.29 is 19.4 Å². The van der Waals surface area contributed by atoms with Gasteiger partial charge in [0.05, 0.1) is 13.1 Å². The molecule has 0 aliphatic heterocycles. The van der Waals surface area contributed by atoms with Gasteiger partial charge in [-0.05, 0) is 35.5 Å². The molecule has 0 unspecified atom stereocenters. The van der Waals surface area contributed by atoms with E-state index in [1.54, 1.807) is 18.2 Å². The number of hydrogen-bond acceptors (Lipinski definition) is 7. The van der Waals surface area contributed by atoms with Crippen molar-refractivity contribution in [2.45, 2.75) is 18.5 Å². The minimum absolute atomic E-state index is 0.0269. The zero-order valence-electron chi connectivity index (χ0n) is 13.7. The fourth-order valence-electron chi connectivity index (χ4n) is 1.87. The summed E-state index contributed by atoms with van der Waals surface area (Å²) < 4.78 is 10.6. The summed E-state index contributed by atoms with van der Waals surface area (Å²) in [5, 5.41) is 18.4. The molecular weight excluding hydrogens is 342 g/mol. The Morgan fingerprint density at radius 2 is 2.28 bits per heavy atom. The van der Waals surface area contributed by atoms with E-state index in [1.165, 1.54) is 13.2 Å². The van der Waals surface area contributed by atoms with Gasteiger partial charge in [-0.15, -0.1) is 11.5 Å². The lowest BCUT2D eigenvalue weighted by Crippen LogP contribution is -2.23. The maximum Gasteiger partial charge on any atom is 0.213 e. The molecule has 130 valence electrons. The molecule has 0 spiro atoms. The van der Waals surface area contributed by atoms with E-state index in [0.29, 0.717) is 34.5 Å². The number of rotatable bonds is 8. The Kier molecular flexibility index (Phi) is 6.48. The number of methoxy groups -OCH3 is 1. The van der Waals surface area contributed by atoms with Crippen LogP contribution in [0.25, 0.3) is 6.08 Å². The van der Waals surface area contributed by atoms with Crippen molar-refractivity contribution in [2.24, 2.45) is 0 Å². The van der Waals surface area contributed by atoms with Crippen LogP contribution in [-0.4, -0.2) is 34.9 Å². The first-order chi connectivity index (χ1) is 12.1. The minimum Gasteiger partial charge on any atom is -0.544 e. The number of carboxylic acid groups (broad SMARTS) is 1. The maximum absolute atomic E-state index is 11.4. The minimum atomic E-state index is -1.32. The Bertz CT molecular complexity index is 824. The largest absolute Gasteiger partial charge is 0.544 e. The van der Waals surface area contributed by atoms with Crippen LogP contribution in [-0.2, 0) is 11.2 Å². The number of terminal acetylenes is 1. The van der Waals surface area contributed by atoms with Gasteiger partial charge in [-0.2, -0.15) is 0 Å². The number of aromatic amines is 1. The normalized spacial score (nSPS) is 11.0. The first-order valence-electron chi connectivity index (χ1n) is 7.33. The summed E-state index contributed by atoms with van der Waals surface area (Å²) in [7, 11) is 1.49. The van der Waals surface area contributed by atoms with E-state index in [2.05, 4.69) is 21.1 Å². The predicted octanol–water partition coefficient (Wildman–Crippen LogP) is 1.27. The second-order valence-electron chi connectivity index (χ2n) is 4.72. The van der Waals surface area contributed by atoms with Crippen molar-refractivity contribution in [2.75, 3.05) is 13.7 Å². The van der Waals surface area contributed by atoms with E-state index < -0.39 is 5.97 Å². The third kappa shape index (κ3) is 5.02. The molecule has 0 aliphatic carbocycles. The number of carbonyl (C=O) groups excluding carboxylic acids is 1. The molecule has 1 N–H and O–H groups in total. The molecule has 0 aliphatic rings. The molecule has 0 fully saturated rings. The molecule has 2 rings (SSSR count). The van der Waals surface area contributed by atoms with Crippen LogP contribution in [0.2, 0.25) is 0 Å². The molecule has 0 saturated carbocycles. The average molecular weight is 358 g/mol. The van der Waals surface area contributed by atoms with Crippen LogP contribution in [0, 0.1) is 12.3 Å². The molecule has 2 aromatic rings. The van der Waals surface area contributed by atoms with E-state index in [0.717, 1.165) is 11.8 Å². The average Bonchev–Trinajstić information content (AvgIpc) is 3.07. The summed E-state index contributed by atoms with van der Waals surface area (Å²) in [5.74, 6) is 2.64. The summed E-state index contributed by atoms with van der Waals surface area (Å²) in [5.41, 5.74) is 0.600. The molecule has 0 radical (unpaired) electrons. The first-order valence-corrected chi connectivity index (χ1v) is 8.15. The van der Waals surface area contributed by atoms with Gasteiger partial charge in [0.25, 0.3) is 0 Å². The second-order valence-corrected chi connectivity index (χ2v) is 5.73. The highest BCUT2D eigenvalue weighted by Crippen LogP contribution is 2.31. The topological polar surface area (TPSA) is 100 Å². The highest BCUT2D eigenvalue weighted by Gasteiger charge is 2.10. The summed E-state index contributed by atoms with van der Waals surface area (Å²) >= 11 is 0.906. The predicted molar refractivity (Wildman–Crippen MR) is 91.9 cm³/mol. The van der Waals surface area contributed by atoms with Crippen LogP contribution in [0.15, 0.2) is 28.3 Å². The van der Waals surface area contributed by atoms with Crippen molar-refractivity contribution in [1.29, 1.82) is 0 Å². The van der Waals surface area contributed by atoms with Crippen molar-refractivity contribution in [3.8, 4) is 23.8 Å². The smallest absolute Gasteiger partial charge is 0.213 e. The van der Waals surface area contributed by atoms with Gasteiger partial charge in [-0.1, -0.05) is 18.9 Å². The van der Waals surface area contributed by atoms with E-state index in [1.807, 2.05) is 6.92 Å². The zero-order valence-corrected chi connectivity index (χ0v) is 14.6. The lowest BCUT2D eigenvalue weighted by atomic mass is 10.2. The molecule has 0 bridgehead atoms. The summed E-state index contributed by atoms with van der Waals surface area (Å²) in [6, 6.07) is 4.99. The molecule has 1 aromatic carbocycles. The number of aliphatic carboxylic acids is 1. The van der Waals surface area contributed by atoms with Crippen molar-refractivity contribution in [1.82, 2.24) is 15.2 Å². The Morgan fingerprint density at radius 1 is 1.48 bits per heavy atom. The van der Waals surface area contributed by atoms with Gasteiger partial charge < -0.3 is 19.4 Å². The third-order valence-electron chi connectivity index (χ3n) is 3.04. The molecule has 0 atom stereocenters. The molecule has 0 amide bonds. The Balaban J connectivity index is 2.27. The number of aryl methyl sites for hydroxylation is 1. The second kappa shape index (κ2) is 8.80. The van der Waals surface area contributed by atoms with Crippen LogP contribution in [0.3, 0.4) is 0 Å². The number of nitrogens with one attached hydrogen (secondary N) is 1. The highest BCUT2D eigenvalue weighted by atomic mass is 32.2. The molecule has 8 heteroatoms. The summed E-state index contributed by atoms with van der Waals surface area (Å²) in [4.78, 5) is 15.6. The van der Waals surface area contributed by atoms with Gasteiger partial charge in [0.15, 0.2) is 11.5 Å². The van der Waals surface area contributed by atoms with Gasteiger partial charge in [0.2, 0.25) is 5.16 Å². The van der Waals surface area contributed by atoms with Gasteiger partial charge in [-0.25, -0.2) is 4.98 Å². The maximum atomic E-state index is 11.4. The van der Waals surface area contributed by atoms with Crippen LogP contribution in [0.5, 0.6) is 11.5 Å². The molecule has 25 heavy (non-hydrogen) atoms. The van der Waals surface area contributed by atoms with Gasteiger partial charge >= 0.3 is 0 Å². The fraction of sp³-hybridized carbons (Fsp3) is 0.235. The third-order valence-corrected chi connectivity index (χ3v) is 3.91. The number of benzene rings is 1. The van der Waals surface area contributed by atoms with E-state index >= 15 is 0 Å². The lowest BCUT2D eigenvalue weighted by molar-refractivity contribution is -0.297. The van der Waals surface area contributed by atoms with Gasteiger partial charge in [-0.3, -0.25) is 5.10 Å². The number of hydrogen-bond donors (Lipinski definition) is 1. The highest BCUT2D eigenvalue weighted by molar-refractivity contribution is 8.04. The first kappa shape index (κ1) is 18.4. The Labute approximate surface area is 149 Å². The van der Waals surface area contributed by atoms with Crippen molar-refractivity contribution >= 4 is 23.8 Å². The molecule has 7 nitrogen and oxygen atoms in total. The number of carboxylic acids is 1. The number of ether oxygens (including phenoxy) is 2. The molecule has 0 saturated heterocycles.